The number of methoxy groups -OCH3 is 2. The van der Waals surface area contributed by atoms with Crippen LogP contribution in [0, 0.1) is 0 Å². The Balaban J connectivity index is 2.39. The van der Waals surface area contributed by atoms with Crippen LogP contribution in [0.3, 0.4) is 0 Å². The van der Waals surface area contributed by atoms with Crippen LogP contribution in [0.15, 0.2) is 24.3 Å². The lowest BCUT2D eigenvalue weighted by Crippen LogP contribution is -2.36. The Morgan fingerprint density at radius 1 is 1.41 bits per heavy atom. The Morgan fingerprint density at radius 2 is 2.12 bits per heavy atom. The van der Waals surface area contributed by atoms with E-state index in [2.05, 4.69) is 10.6 Å². The second kappa shape index (κ2) is 7.45. The van der Waals surface area contributed by atoms with Crippen molar-refractivity contribution in [3.8, 4) is 0 Å². The zero-order valence-electron chi connectivity index (χ0n) is 9.70. The summed E-state index contributed by atoms with van der Waals surface area (Å²) in [5.74, 6) is 0. The van der Waals surface area contributed by atoms with Crippen LogP contribution in [0.1, 0.15) is 0 Å². The summed E-state index contributed by atoms with van der Waals surface area (Å²) in [5, 5.41) is 7.14. The largest absolute Gasteiger partial charge is 0.357 e. The van der Waals surface area contributed by atoms with Crippen molar-refractivity contribution in [1.82, 2.24) is 5.32 Å². The molecule has 0 atom stereocenters. The van der Waals surface area contributed by atoms with E-state index >= 15 is 0 Å². The molecule has 0 saturated carbocycles. The Kier molecular flexibility index (Phi) is 6.21. The van der Waals surface area contributed by atoms with E-state index in [0.29, 0.717) is 16.7 Å². The van der Waals surface area contributed by atoms with Crippen molar-refractivity contribution in [2.45, 2.75) is 6.29 Å². The maximum absolute atomic E-state index is 5.86. The molecule has 0 aromatic heterocycles. The molecule has 4 nitrogen and oxygen atoms in total. The van der Waals surface area contributed by atoms with Crippen LogP contribution >= 0.6 is 23.8 Å². The number of rotatable bonds is 5. The van der Waals surface area contributed by atoms with E-state index in [4.69, 9.17) is 33.3 Å². The second-order valence-electron chi connectivity index (χ2n) is 3.25. The Labute approximate surface area is 111 Å². The van der Waals surface area contributed by atoms with Crippen LogP contribution in [0.2, 0.25) is 5.02 Å². The first-order chi connectivity index (χ1) is 8.15. The minimum Gasteiger partial charge on any atom is -0.357 e. The quantitative estimate of drug-likeness (QED) is 0.637. The van der Waals surface area contributed by atoms with Crippen LogP contribution in [0.25, 0.3) is 0 Å². The van der Waals surface area contributed by atoms with Crippen molar-refractivity contribution < 1.29 is 9.47 Å². The van der Waals surface area contributed by atoms with Gasteiger partial charge in [0, 0.05) is 24.9 Å². The van der Waals surface area contributed by atoms with Gasteiger partial charge in [0.15, 0.2) is 11.4 Å². The third-order valence-corrected chi connectivity index (χ3v) is 2.52. The highest BCUT2D eigenvalue weighted by molar-refractivity contribution is 7.80. The summed E-state index contributed by atoms with van der Waals surface area (Å²) in [6.45, 7) is 0.472. The summed E-state index contributed by atoms with van der Waals surface area (Å²) in [7, 11) is 3.15. The number of ether oxygens (including phenoxy) is 2. The fourth-order valence-electron chi connectivity index (χ4n) is 1.18. The first-order valence-electron chi connectivity index (χ1n) is 5.01. The van der Waals surface area contributed by atoms with E-state index in [1.54, 1.807) is 26.4 Å². The highest BCUT2D eigenvalue weighted by Crippen LogP contribution is 2.14. The molecule has 6 heteroatoms. The number of nitrogens with one attached hydrogen (secondary N) is 2. The molecular weight excluding hydrogens is 260 g/mol. The maximum Gasteiger partial charge on any atom is 0.174 e. The fourth-order valence-corrected chi connectivity index (χ4v) is 1.57. The van der Waals surface area contributed by atoms with E-state index in [0.717, 1.165) is 5.69 Å². The molecule has 0 heterocycles. The van der Waals surface area contributed by atoms with Gasteiger partial charge in [-0.25, -0.2) is 0 Å². The lowest BCUT2D eigenvalue weighted by atomic mass is 10.3. The average Bonchev–Trinajstić information content (AvgIpc) is 2.30. The van der Waals surface area contributed by atoms with Gasteiger partial charge in [0.1, 0.15) is 0 Å². The van der Waals surface area contributed by atoms with Crippen LogP contribution in [0.4, 0.5) is 5.69 Å². The third-order valence-electron chi connectivity index (χ3n) is 2.04. The smallest absolute Gasteiger partial charge is 0.174 e. The summed E-state index contributed by atoms with van der Waals surface area (Å²) in [6.07, 6.45) is -0.325. The van der Waals surface area contributed by atoms with Crippen molar-refractivity contribution in [1.29, 1.82) is 0 Å². The third kappa shape index (κ3) is 5.32. The monoisotopic (exact) mass is 274 g/mol. The van der Waals surface area contributed by atoms with E-state index in [9.17, 15) is 0 Å². The molecule has 0 amide bonds. The van der Waals surface area contributed by atoms with Crippen LogP contribution in [-0.2, 0) is 9.47 Å². The Hall–Kier alpha value is -0.880. The predicted octanol–water partition coefficient (Wildman–Crippen LogP) is 2.25. The maximum atomic E-state index is 5.86. The average molecular weight is 275 g/mol. The minimum absolute atomic E-state index is 0.325. The topological polar surface area (TPSA) is 42.5 Å². The fraction of sp³-hybridized carbons (Fsp3) is 0.364. The molecule has 0 radical (unpaired) electrons. The van der Waals surface area contributed by atoms with Crippen LogP contribution in [0.5, 0.6) is 0 Å². The summed E-state index contributed by atoms with van der Waals surface area (Å²) in [6, 6.07) is 7.32. The first-order valence-corrected chi connectivity index (χ1v) is 5.80. The number of halogens is 1. The highest BCUT2D eigenvalue weighted by atomic mass is 35.5. The number of hydrogen-bond donors (Lipinski definition) is 2. The molecule has 0 aliphatic rings. The summed E-state index contributed by atoms with van der Waals surface area (Å²) in [5.41, 5.74) is 0.835. The lowest BCUT2D eigenvalue weighted by molar-refractivity contribution is -0.0964. The SMILES string of the molecule is COC(CNC(=S)Nc1cccc(Cl)c1)OC. The van der Waals surface area contributed by atoms with Crippen molar-refractivity contribution in [2.24, 2.45) is 0 Å². The van der Waals surface area contributed by atoms with Crippen LogP contribution < -0.4 is 10.6 Å². The van der Waals surface area contributed by atoms with Gasteiger partial charge in [0.25, 0.3) is 0 Å². The predicted molar refractivity (Wildman–Crippen MR) is 73.5 cm³/mol. The molecule has 0 unspecified atom stereocenters. The van der Waals surface area contributed by atoms with E-state index in [1.807, 2.05) is 12.1 Å². The molecule has 2 N–H and O–H groups in total. The molecule has 0 aliphatic heterocycles. The zero-order chi connectivity index (χ0) is 12.7. The van der Waals surface area contributed by atoms with Gasteiger partial charge in [-0.2, -0.15) is 0 Å². The number of benzene rings is 1. The second-order valence-corrected chi connectivity index (χ2v) is 4.09. The van der Waals surface area contributed by atoms with Crippen LogP contribution in [-0.4, -0.2) is 32.2 Å². The molecule has 0 aliphatic carbocycles. The van der Waals surface area contributed by atoms with Gasteiger partial charge in [-0.1, -0.05) is 17.7 Å². The molecule has 0 bridgehead atoms. The van der Waals surface area contributed by atoms with E-state index < -0.39 is 0 Å². The highest BCUT2D eigenvalue weighted by Gasteiger charge is 2.05. The van der Waals surface area contributed by atoms with Gasteiger partial charge in [-0.3, -0.25) is 0 Å². The number of hydrogen-bond acceptors (Lipinski definition) is 3. The van der Waals surface area contributed by atoms with Crippen molar-refractivity contribution in [2.75, 3.05) is 26.1 Å². The molecule has 17 heavy (non-hydrogen) atoms. The van der Waals surface area contributed by atoms with Gasteiger partial charge in [0.05, 0.1) is 6.54 Å². The van der Waals surface area contributed by atoms with Gasteiger partial charge >= 0.3 is 0 Å². The molecule has 1 rings (SSSR count). The van der Waals surface area contributed by atoms with Gasteiger partial charge < -0.3 is 20.1 Å². The van der Waals surface area contributed by atoms with E-state index in [-0.39, 0.29) is 6.29 Å². The molecule has 1 aromatic rings. The number of anilines is 1. The molecule has 0 saturated heterocycles. The zero-order valence-corrected chi connectivity index (χ0v) is 11.3. The van der Waals surface area contributed by atoms with Crippen molar-refractivity contribution in [3.05, 3.63) is 29.3 Å². The van der Waals surface area contributed by atoms with Gasteiger partial charge in [-0.05, 0) is 30.4 Å². The van der Waals surface area contributed by atoms with E-state index in [1.165, 1.54) is 0 Å². The molecule has 94 valence electrons. The standard InChI is InChI=1S/C11H15ClN2O2S/c1-15-10(16-2)7-13-11(17)14-9-5-3-4-8(12)6-9/h3-6,10H,7H2,1-2H3,(H2,13,14,17). The Morgan fingerprint density at radius 3 is 2.71 bits per heavy atom. The molecule has 0 fully saturated rings. The molecule has 1 aromatic carbocycles. The lowest BCUT2D eigenvalue weighted by Gasteiger charge is -2.16. The van der Waals surface area contributed by atoms with Crippen molar-refractivity contribution in [3.63, 3.8) is 0 Å². The van der Waals surface area contributed by atoms with Crippen molar-refractivity contribution >= 4 is 34.6 Å². The summed E-state index contributed by atoms with van der Waals surface area (Å²) >= 11 is 11.0. The summed E-state index contributed by atoms with van der Waals surface area (Å²) in [4.78, 5) is 0. The van der Waals surface area contributed by atoms with Gasteiger partial charge in [0.2, 0.25) is 0 Å². The van der Waals surface area contributed by atoms with Gasteiger partial charge in [-0.15, -0.1) is 0 Å². The number of thiocarbonyl (C=S) groups is 1. The Bertz CT molecular complexity index is 372. The minimum atomic E-state index is -0.325. The molecule has 0 spiro atoms. The molecular formula is C11H15ClN2O2S. The normalized spacial score (nSPS) is 10.4. The summed E-state index contributed by atoms with van der Waals surface area (Å²) < 4.78 is 10.1. The first kappa shape index (κ1) is 14.2.